The maximum absolute atomic E-state index is 12.4. The molecule has 3 saturated carbocycles. The average molecular weight is 728 g/mol. The van der Waals surface area contributed by atoms with Crippen LogP contribution in [-0.4, -0.2) is 53.7 Å². The minimum absolute atomic E-state index is 0.00802. The number of fused-ring (bicyclic) bond motifs is 1. The summed E-state index contributed by atoms with van der Waals surface area (Å²) in [5.74, 6) is 2.14. The Morgan fingerprint density at radius 2 is 1.36 bits per heavy atom. The number of allylic oxidation sites excluding steroid dienone is 3. The molecule has 50 heavy (non-hydrogen) atoms. The Hall–Kier alpha value is -0.956. The third-order valence-corrected chi connectivity index (χ3v) is 26.7. The Bertz CT molecular complexity index is 1170. The molecular formula is C44H81NO3Si2. The Balaban J connectivity index is 2.01. The van der Waals surface area contributed by atoms with Crippen molar-refractivity contribution >= 4 is 22.5 Å². The minimum atomic E-state index is -2.13. The molecule has 1 amide bonds. The summed E-state index contributed by atoms with van der Waals surface area (Å²) in [5.41, 5.74) is 7.76. The molecule has 6 atom stereocenters. The lowest BCUT2D eigenvalue weighted by molar-refractivity contribution is -0.129. The van der Waals surface area contributed by atoms with Crippen LogP contribution in [0.25, 0.3) is 0 Å². The van der Waals surface area contributed by atoms with E-state index in [-0.39, 0.29) is 18.1 Å². The second-order valence-corrected chi connectivity index (χ2v) is 30.1. The van der Waals surface area contributed by atoms with E-state index < -0.39 is 16.6 Å². The zero-order valence-electron chi connectivity index (χ0n) is 35.7. The summed E-state index contributed by atoms with van der Waals surface area (Å²) in [6, 6.07) is 0. The predicted octanol–water partition coefficient (Wildman–Crippen LogP) is 13.0. The van der Waals surface area contributed by atoms with E-state index in [0.717, 1.165) is 19.3 Å². The van der Waals surface area contributed by atoms with E-state index in [1.54, 1.807) is 10.5 Å². The molecule has 0 aromatic heterocycles. The monoisotopic (exact) mass is 728 g/mol. The van der Waals surface area contributed by atoms with Crippen LogP contribution in [0.15, 0.2) is 35.5 Å². The van der Waals surface area contributed by atoms with Crippen LogP contribution in [0.2, 0.25) is 33.2 Å². The Kier molecular flexibility index (Phi) is 15.2. The van der Waals surface area contributed by atoms with Gasteiger partial charge in [0.05, 0.1) is 12.2 Å². The SMILES string of the molecule is C=C1C(=CC=C2CCC[C@]3(C)[C@@H]([C@H](C)CCC(=O)N(C)C)CC[C@@H]23)C[C@@H](O[Si](C(C)C)(C(C)C)C(C)C)C[C@@H]1O[Si](C(C)C)(C(C)C)C(C)C. The van der Waals surface area contributed by atoms with Gasteiger partial charge in [0.1, 0.15) is 0 Å². The maximum Gasteiger partial charge on any atom is 0.222 e. The Morgan fingerprint density at radius 1 is 0.840 bits per heavy atom. The molecule has 6 heteroatoms. The highest BCUT2D eigenvalue weighted by Crippen LogP contribution is 2.60. The first kappa shape index (κ1) is 43.4. The van der Waals surface area contributed by atoms with E-state index >= 15 is 0 Å². The van der Waals surface area contributed by atoms with E-state index in [2.05, 4.69) is 109 Å². The second-order valence-electron chi connectivity index (χ2n) is 19.3. The van der Waals surface area contributed by atoms with E-state index in [0.29, 0.717) is 62.8 Å². The van der Waals surface area contributed by atoms with Crippen LogP contribution in [0, 0.1) is 23.2 Å². The molecule has 3 aliphatic rings. The van der Waals surface area contributed by atoms with Crippen molar-refractivity contribution in [3.63, 3.8) is 0 Å². The summed E-state index contributed by atoms with van der Waals surface area (Å²) in [6.45, 7) is 38.7. The summed E-state index contributed by atoms with van der Waals surface area (Å²) in [4.78, 5) is 14.2. The highest BCUT2D eigenvalue weighted by atomic mass is 28.4. The van der Waals surface area contributed by atoms with Gasteiger partial charge in [-0.05, 0) is 113 Å². The lowest BCUT2D eigenvalue weighted by Crippen LogP contribution is -2.54. The first-order valence-corrected chi connectivity index (χ1v) is 25.1. The van der Waals surface area contributed by atoms with Gasteiger partial charge in [0.25, 0.3) is 0 Å². The van der Waals surface area contributed by atoms with Crippen LogP contribution < -0.4 is 0 Å². The highest BCUT2D eigenvalue weighted by Gasteiger charge is 2.52. The molecule has 0 N–H and O–H groups in total. The molecule has 0 radical (unpaired) electrons. The molecule has 3 aliphatic carbocycles. The maximum atomic E-state index is 12.4. The van der Waals surface area contributed by atoms with Crippen molar-refractivity contribution in [2.75, 3.05) is 14.1 Å². The molecule has 3 fully saturated rings. The van der Waals surface area contributed by atoms with Gasteiger partial charge in [-0.15, -0.1) is 0 Å². The summed E-state index contributed by atoms with van der Waals surface area (Å²) < 4.78 is 15.2. The lowest BCUT2D eigenvalue weighted by atomic mass is 9.60. The van der Waals surface area contributed by atoms with E-state index in [9.17, 15) is 4.79 Å². The minimum Gasteiger partial charge on any atom is -0.413 e. The Labute approximate surface area is 313 Å². The van der Waals surface area contributed by atoms with Gasteiger partial charge in [0, 0.05) is 26.9 Å². The molecule has 0 bridgehead atoms. The van der Waals surface area contributed by atoms with Crippen molar-refractivity contribution in [3.05, 3.63) is 35.5 Å². The molecule has 3 rings (SSSR count). The topological polar surface area (TPSA) is 38.8 Å². The summed E-state index contributed by atoms with van der Waals surface area (Å²) in [7, 11) is -0.456. The molecule has 0 aromatic rings. The number of carbonyl (C=O) groups is 1. The van der Waals surface area contributed by atoms with Gasteiger partial charge < -0.3 is 13.8 Å². The van der Waals surface area contributed by atoms with Crippen molar-refractivity contribution in [3.8, 4) is 0 Å². The predicted molar refractivity (Wildman–Crippen MR) is 222 cm³/mol. The van der Waals surface area contributed by atoms with Gasteiger partial charge in [-0.1, -0.05) is 121 Å². The largest absolute Gasteiger partial charge is 0.413 e. The van der Waals surface area contributed by atoms with Gasteiger partial charge in [-0.3, -0.25) is 4.79 Å². The van der Waals surface area contributed by atoms with Gasteiger partial charge >= 0.3 is 0 Å². The van der Waals surface area contributed by atoms with E-state index in [1.165, 1.54) is 43.3 Å². The Morgan fingerprint density at radius 3 is 1.86 bits per heavy atom. The number of carbonyl (C=O) groups excluding carboxylic acids is 1. The first-order chi connectivity index (χ1) is 23.2. The molecule has 0 spiro atoms. The highest BCUT2D eigenvalue weighted by molar-refractivity contribution is 6.78. The zero-order valence-corrected chi connectivity index (χ0v) is 37.7. The molecule has 288 valence electrons. The van der Waals surface area contributed by atoms with E-state index in [4.69, 9.17) is 15.4 Å². The molecule has 0 aromatic carbocycles. The third kappa shape index (κ3) is 8.70. The van der Waals surface area contributed by atoms with Crippen molar-refractivity contribution in [2.24, 2.45) is 23.2 Å². The van der Waals surface area contributed by atoms with Crippen molar-refractivity contribution in [1.29, 1.82) is 0 Å². The fourth-order valence-electron chi connectivity index (χ4n) is 12.0. The van der Waals surface area contributed by atoms with Crippen LogP contribution in [0.5, 0.6) is 0 Å². The van der Waals surface area contributed by atoms with Crippen LogP contribution >= 0.6 is 0 Å². The number of rotatable bonds is 15. The van der Waals surface area contributed by atoms with Crippen LogP contribution in [-0.2, 0) is 13.6 Å². The number of hydrogen-bond acceptors (Lipinski definition) is 3. The van der Waals surface area contributed by atoms with Gasteiger partial charge in [-0.25, -0.2) is 0 Å². The smallest absolute Gasteiger partial charge is 0.222 e. The van der Waals surface area contributed by atoms with Gasteiger partial charge in [-0.2, -0.15) is 0 Å². The first-order valence-electron chi connectivity index (χ1n) is 20.8. The van der Waals surface area contributed by atoms with Crippen LogP contribution in [0.1, 0.15) is 155 Å². The molecule has 0 unspecified atom stereocenters. The average Bonchev–Trinajstić information content (AvgIpc) is 3.37. The molecule has 0 aliphatic heterocycles. The molecule has 4 nitrogen and oxygen atoms in total. The fourth-order valence-corrected chi connectivity index (χ4v) is 23.1. The lowest BCUT2D eigenvalue weighted by Gasteiger charge is -2.49. The zero-order chi connectivity index (χ0) is 37.9. The number of hydrogen-bond donors (Lipinski definition) is 0. The normalized spacial score (nSPS) is 29.0. The third-order valence-electron chi connectivity index (χ3n) is 14.4. The van der Waals surface area contributed by atoms with Crippen LogP contribution in [0.4, 0.5) is 0 Å². The standard InChI is InChI=1S/C44H81NO3Si2/c1-29(2)49(30(3)4,31(5)6)47-39-27-38(36(14)42(28-39)48-50(32(7)8,33(9)10)34(11)12)22-21-37-19-18-26-44(15)40(23-24-41(37)44)35(13)20-25-43(46)45(16)17/h21-22,29-35,39-42H,14,18-20,23-28H2,1-13,15-17H3/t35-,39-,40-,41+,42+,44-/m1/s1. The molecular weight excluding hydrogens is 647 g/mol. The summed E-state index contributed by atoms with van der Waals surface area (Å²) >= 11 is 0. The quantitative estimate of drug-likeness (QED) is 0.158. The van der Waals surface area contributed by atoms with Crippen molar-refractivity contribution in [2.45, 2.75) is 200 Å². The fraction of sp³-hybridized carbons (Fsp3) is 0.841. The molecule has 0 heterocycles. The number of amides is 1. The van der Waals surface area contributed by atoms with Gasteiger partial charge in [0.15, 0.2) is 0 Å². The summed E-state index contributed by atoms with van der Waals surface area (Å²) in [6.07, 6.45) is 15.0. The van der Waals surface area contributed by atoms with E-state index in [1.807, 2.05) is 14.1 Å². The number of nitrogens with zero attached hydrogens (tertiary/aromatic N) is 1. The van der Waals surface area contributed by atoms with Crippen molar-refractivity contribution < 1.29 is 13.6 Å². The van der Waals surface area contributed by atoms with Gasteiger partial charge in [0.2, 0.25) is 22.5 Å². The summed E-state index contributed by atoms with van der Waals surface area (Å²) in [5, 5.41) is 0. The van der Waals surface area contributed by atoms with Crippen molar-refractivity contribution in [1.82, 2.24) is 4.90 Å². The van der Waals surface area contributed by atoms with Crippen LogP contribution in [0.3, 0.4) is 0 Å². The molecule has 0 saturated heterocycles. The second kappa shape index (κ2) is 17.5.